The highest BCUT2D eigenvalue weighted by Gasteiger charge is 2.22. The fourth-order valence-electron chi connectivity index (χ4n) is 2.59. The molecular formula is C17H27N3O2. The van der Waals surface area contributed by atoms with Crippen molar-refractivity contribution in [1.29, 1.82) is 0 Å². The molecule has 5 heteroatoms. The van der Waals surface area contributed by atoms with Crippen molar-refractivity contribution in [1.82, 2.24) is 4.90 Å². The predicted molar refractivity (Wildman–Crippen MR) is 90.6 cm³/mol. The van der Waals surface area contributed by atoms with Crippen molar-refractivity contribution in [2.24, 2.45) is 0 Å². The summed E-state index contributed by atoms with van der Waals surface area (Å²) in [5.74, 6) is 0. The second kappa shape index (κ2) is 7.01. The molecule has 0 aromatic heterocycles. The number of hydrogen-bond acceptors (Lipinski definition) is 3. The molecule has 1 aliphatic rings. The van der Waals surface area contributed by atoms with Gasteiger partial charge in [-0.3, -0.25) is 0 Å². The molecule has 0 aliphatic carbocycles. The third-order valence-corrected chi connectivity index (χ3v) is 4.00. The molecule has 5 nitrogen and oxygen atoms in total. The number of carbonyl (C=O) groups excluding carboxylic acids is 1. The van der Waals surface area contributed by atoms with E-state index in [0.717, 1.165) is 24.5 Å². The molecule has 0 saturated carbocycles. The van der Waals surface area contributed by atoms with E-state index in [0.29, 0.717) is 0 Å². The van der Waals surface area contributed by atoms with Crippen molar-refractivity contribution in [3.05, 3.63) is 24.3 Å². The lowest BCUT2D eigenvalue weighted by atomic mass is 10.2. The van der Waals surface area contributed by atoms with Gasteiger partial charge < -0.3 is 19.9 Å². The maximum absolute atomic E-state index is 12.0. The number of hydrogen-bond donors (Lipinski definition) is 1. The zero-order valence-corrected chi connectivity index (χ0v) is 14.2. The molecule has 0 unspecified atom stereocenters. The van der Waals surface area contributed by atoms with Crippen molar-refractivity contribution in [3.63, 3.8) is 0 Å². The monoisotopic (exact) mass is 305 g/mol. The van der Waals surface area contributed by atoms with Crippen LogP contribution in [0.3, 0.4) is 0 Å². The zero-order chi connectivity index (χ0) is 16.3. The van der Waals surface area contributed by atoms with E-state index in [1.807, 2.05) is 26.0 Å². The van der Waals surface area contributed by atoms with E-state index in [1.54, 1.807) is 11.9 Å². The third-order valence-electron chi connectivity index (χ3n) is 4.00. The van der Waals surface area contributed by atoms with Gasteiger partial charge in [0.2, 0.25) is 0 Å². The van der Waals surface area contributed by atoms with Crippen LogP contribution in [0.15, 0.2) is 24.3 Å². The Bertz CT molecular complexity index is 491. The fourth-order valence-corrected chi connectivity index (χ4v) is 2.59. The normalized spacial score (nSPS) is 21.8. The van der Waals surface area contributed by atoms with Crippen molar-refractivity contribution < 1.29 is 9.53 Å². The summed E-state index contributed by atoms with van der Waals surface area (Å²) in [6, 6.07) is 8.09. The van der Waals surface area contributed by atoms with Gasteiger partial charge in [0, 0.05) is 37.6 Å². The van der Waals surface area contributed by atoms with Gasteiger partial charge in [-0.1, -0.05) is 0 Å². The van der Waals surface area contributed by atoms with Crippen LogP contribution in [-0.4, -0.2) is 49.3 Å². The Kier molecular flexibility index (Phi) is 5.29. The average molecular weight is 305 g/mol. The van der Waals surface area contributed by atoms with Crippen LogP contribution >= 0.6 is 0 Å². The third kappa shape index (κ3) is 4.13. The van der Waals surface area contributed by atoms with Gasteiger partial charge in [-0.05, 0) is 52.0 Å². The summed E-state index contributed by atoms with van der Waals surface area (Å²) in [5.41, 5.74) is 1.98. The van der Waals surface area contributed by atoms with Crippen LogP contribution < -0.4 is 10.2 Å². The van der Waals surface area contributed by atoms with E-state index in [-0.39, 0.29) is 24.3 Å². The summed E-state index contributed by atoms with van der Waals surface area (Å²) >= 11 is 0. The molecular weight excluding hydrogens is 278 g/mol. The molecule has 2 amide bonds. The molecule has 1 aromatic carbocycles. The van der Waals surface area contributed by atoms with Crippen LogP contribution in [0.1, 0.15) is 27.7 Å². The Morgan fingerprint density at radius 2 is 1.77 bits per heavy atom. The highest BCUT2D eigenvalue weighted by molar-refractivity contribution is 5.89. The van der Waals surface area contributed by atoms with Crippen molar-refractivity contribution in [2.75, 3.05) is 30.4 Å². The van der Waals surface area contributed by atoms with Crippen LogP contribution in [0.5, 0.6) is 0 Å². The smallest absolute Gasteiger partial charge is 0.321 e. The lowest BCUT2D eigenvalue weighted by molar-refractivity contribution is -0.00521. The van der Waals surface area contributed by atoms with Gasteiger partial charge in [-0.25, -0.2) is 4.79 Å². The zero-order valence-electron chi connectivity index (χ0n) is 14.2. The molecule has 1 aliphatic heterocycles. The number of carbonyl (C=O) groups is 1. The molecule has 122 valence electrons. The number of rotatable bonds is 3. The summed E-state index contributed by atoms with van der Waals surface area (Å²) < 4.78 is 5.76. The number of nitrogens with one attached hydrogen (secondary N) is 1. The minimum atomic E-state index is -0.0867. The average Bonchev–Trinajstić information content (AvgIpc) is 2.46. The number of morpholine rings is 1. The van der Waals surface area contributed by atoms with Crippen molar-refractivity contribution >= 4 is 17.4 Å². The standard InChI is InChI=1S/C17H27N3O2/c1-12(2)19(5)17(21)18-15-6-8-16(9-7-15)20-10-13(3)22-14(4)11-20/h6-9,12-14H,10-11H2,1-5H3,(H,18,21)/t13-,14+. The first-order valence-electron chi connectivity index (χ1n) is 7.91. The Balaban J connectivity index is 2.00. The Hall–Kier alpha value is -1.75. The number of amides is 2. The molecule has 22 heavy (non-hydrogen) atoms. The van der Waals surface area contributed by atoms with Crippen LogP contribution in [0.2, 0.25) is 0 Å². The maximum Gasteiger partial charge on any atom is 0.321 e. The Morgan fingerprint density at radius 3 is 2.27 bits per heavy atom. The van der Waals surface area contributed by atoms with Gasteiger partial charge in [0.25, 0.3) is 0 Å². The van der Waals surface area contributed by atoms with Gasteiger partial charge in [0.15, 0.2) is 0 Å². The first-order chi connectivity index (χ1) is 10.4. The first-order valence-corrected chi connectivity index (χ1v) is 7.91. The summed E-state index contributed by atoms with van der Waals surface area (Å²) in [6.45, 7) is 9.96. The predicted octanol–water partition coefficient (Wildman–Crippen LogP) is 3.17. The summed E-state index contributed by atoms with van der Waals surface area (Å²) in [6.07, 6.45) is 0.477. The van der Waals surface area contributed by atoms with Gasteiger partial charge >= 0.3 is 6.03 Å². The minimum Gasteiger partial charge on any atom is -0.372 e. The second-order valence-corrected chi connectivity index (χ2v) is 6.34. The number of benzene rings is 1. The molecule has 1 saturated heterocycles. The summed E-state index contributed by atoms with van der Waals surface area (Å²) in [4.78, 5) is 16.0. The van der Waals surface area contributed by atoms with E-state index in [9.17, 15) is 4.79 Å². The van der Waals surface area contributed by atoms with E-state index < -0.39 is 0 Å². The quantitative estimate of drug-likeness (QED) is 0.933. The molecule has 1 fully saturated rings. The molecule has 2 rings (SSSR count). The highest BCUT2D eigenvalue weighted by Crippen LogP contribution is 2.22. The van der Waals surface area contributed by atoms with Crippen molar-refractivity contribution in [3.8, 4) is 0 Å². The second-order valence-electron chi connectivity index (χ2n) is 6.34. The van der Waals surface area contributed by atoms with Crippen LogP contribution in [-0.2, 0) is 4.74 Å². The van der Waals surface area contributed by atoms with E-state index in [4.69, 9.17) is 4.74 Å². The lowest BCUT2D eigenvalue weighted by Crippen LogP contribution is -2.45. The molecule has 1 heterocycles. The maximum atomic E-state index is 12.0. The van der Waals surface area contributed by atoms with Crippen molar-refractivity contribution in [2.45, 2.75) is 45.9 Å². The molecule has 2 atom stereocenters. The number of anilines is 2. The van der Waals surface area contributed by atoms with Gasteiger partial charge in [0.05, 0.1) is 12.2 Å². The molecule has 1 aromatic rings. The number of nitrogens with zero attached hydrogens (tertiary/aromatic N) is 2. The Morgan fingerprint density at radius 1 is 1.23 bits per heavy atom. The van der Waals surface area contributed by atoms with E-state index >= 15 is 0 Å². The number of urea groups is 1. The fraction of sp³-hybridized carbons (Fsp3) is 0.588. The summed E-state index contributed by atoms with van der Waals surface area (Å²) in [5, 5.41) is 2.91. The van der Waals surface area contributed by atoms with Crippen LogP contribution in [0.4, 0.5) is 16.2 Å². The SMILES string of the molecule is CC(C)N(C)C(=O)Nc1ccc(N2C[C@@H](C)O[C@@H](C)C2)cc1. The molecule has 0 spiro atoms. The van der Waals surface area contributed by atoms with Crippen LogP contribution in [0.25, 0.3) is 0 Å². The van der Waals surface area contributed by atoms with Crippen LogP contribution in [0, 0.1) is 0 Å². The largest absolute Gasteiger partial charge is 0.372 e. The molecule has 0 bridgehead atoms. The lowest BCUT2D eigenvalue weighted by Gasteiger charge is -2.36. The Labute approximate surface area is 133 Å². The van der Waals surface area contributed by atoms with E-state index in [1.165, 1.54) is 0 Å². The summed E-state index contributed by atoms with van der Waals surface area (Å²) in [7, 11) is 1.80. The minimum absolute atomic E-state index is 0.0867. The van der Waals surface area contributed by atoms with E-state index in [2.05, 4.69) is 36.2 Å². The first kappa shape index (κ1) is 16.6. The van der Waals surface area contributed by atoms with Gasteiger partial charge in [-0.15, -0.1) is 0 Å². The molecule has 0 radical (unpaired) electrons. The number of ether oxygens (including phenoxy) is 1. The van der Waals surface area contributed by atoms with Gasteiger partial charge in [0.1, 0.15) is 0 Å². The topological polar surface area (TPSA) is 44.8 Å². The van der Waals surface area contributed by atoms with Gasteiger partial charge in [-0.2, -0.15) is 0 Å². The highest BCUT2D eigenvalue weighted by atomic mass is 16.5. The molecule has 1 N–H and O–H groups in total.